The Hall–Kier alpha value is -1.74. The van der Waals surface area contributed by atoms with Crippen LogP contribution in [-0.2, 0) is 14.8 Å². The summed E-state index contributed by atoms with van der Waals surface area (Å²) in [5.74, 6) is -3.34. The van der Waals surface area contributed by atoms with Crippen LogP contribution in [0.5, 0.6) is 0 Å². The zero-order valence-corrected chi connectivity index (χ0v) is 11.7. The maximum absolute atomic E-state index is 13.8. The van der Waals surface area contributed by atoms with Crippen LogP contribution in [0.15, 0.2) is 17.0 Å². The molecule has 0 aromatic heterocycles. The first-order valence-corrected chi connectivity index (χ1v) is 7.06. The number of benzene rings is 1. The van der Waals surface area contributed by atoms with Crippen LogP contribution >= 0.6 is 0 Å². The molecule has 9 heteroatoms. The van der Waals surface area contributed by atoms with Gasteiger partial charge in [-0.3, -0.25) is 4.79 Å². The smallest absolute Gasteiger partial charge is 0.246 e. The van der Waals surface area contributed by atoms with Gasteiger partial charge < -0.3 is 11.5 Å². The number of amides is 1. The van der Waals surface area contributed by atoms with Crippen molar-refractivity contribution in [1.29, 1.82) is 0 Å². The van der Waals surface area contributed by atoms with Crippen molar-refractivity contribution in [3.05, 3.63) is 23.8 Å². The molecule has 1 aromatic carbocycles. The van der Waals surface area contributed by atoms with E-state index in [-0.39, 0.29) is 0 Å². The lowest BCUT2D eigenvalue weighted by atomic mass is 10.3. The SMILES string of the molecule is CC(C)N(CC(N)=O)S(=O)(=O)c1ccc(F)c(N)c1F. The number of nitrogens with two attached hydrogens (primary N) is 2. The quantitative estimate of drug-likeness (QED) is 0.769. The first-order chi connectivity index (χ1) is 9.09. The summed E-state index contributed by atoms with van der Waals surface area (Å²) in [6.45, 7) is 2.37. The van der Waals surface area contributed by atoms with E-state index in [1.165, 1.54) is 13.8 Å². The average molecular weight is 307 g/mol. The summed E-state index contributed by atoms with van der Waals surface area (Å²) >= 11 is 0. The van der Waals surface area contributed by atoms with E-state index < -0.39 is 50.7 Å². The van der Waals surface area contributed by atoms with E-state index in [1.807, 2.05) is 0 Å². The number of nitrogen functional groups attached to an aromatic ring is 1. The van der Waals surface area contributed by atoms with Crippen molar-refractivity contribution in [2.75, 3.05) is 12.3 Å². The van der Waals surface area contributed by atoms with Gasteiger partial charge in [-0.15, -0.1) is 0 Å². The van der Waals surface area contributed by atoms with Crippen molar-refractivity contribution in [1.82, 2.24) is 4.31 Å². The number of carbonyl (C=O) groups excluding carboxylic acids is 1. The number of sulfonamides is 1. The largest absolute Gasteiger partial charge is 0.394 e. The van der Waals surface area contributed by atoms with Crippen molar-refractivity contribution in [3.63, 3.8) is 0 Å². The molecule has 4 N–H and O–H groups in total. The van der Waals surface area contributed by atoms with E-state index in [2.05, 4.69) is 0 Å². The molecule has 1 rings (SSSR count). The maximum Gasteiger partial charge on any atom is 0.246 e. The third kappa shape index (κ3) is 3.05. The standard InChI is InChI=1S/C11H15F2N3O3S/c1-6(2)16(5-9(14)17)20(18,19)8-4-3-7(12)11(15)10(8)13/h3-4,6H,5,15H2,1-2H3,(H2,14,17). The van der Waals surface area contributed by atoms with E-state index in [4.69, 9.17) is 11.5 Å². The molecule has 20 heavy (non-hydrogen) atoms. The van der Waals surface area contributed by atoms with Crippen LogP contribution in [0, 0.1) is 11.6 Å². The summed E-state index contributed by atoms with van der Waals surface area (Å²) < 4.78 is 52.2. The van der Waals surface area contributed by atoms with E-state index in [0.29, 0.717) is 4.31 Å². The molecule has 0 radical (unpaired) electrons. The van der Waals surface area contributed by atoms with Crippen molar-refractivity contribution in [2.24, 2.45) is 5.73 Å². The lowest BCUT2D eigenvalue weighted by Crippen LogP contribution is -2.43. The molecular formula is C11H15F2N3O3S. The normalized spacial score (nSPS) is 12.1. The molecule has 0 saturated heterocycles. The predicted molar refractivity (Wildman–Crippen MR) is 69.0 cm³/mol. The monoisotopic (exact) mass is 307 g/mol. The molecule has 0 heterocycles. The number of hydrogen-bond acceptors (Lipinski definition) is 4. The Morgan fingerprint density at radius 3 is 2.35 bits per heavy atom. The molecule has 0 fully saturated rings. The molecule has 112 valence electrons. The molecule has 0 aliphatic carbocycles. The van der Waals surface area contributed by atoms with Gasteiger partial charge in [-0.05, 0) is 26.0 Å². The summed E-state index contributed by atoms with van der Waals surface area (Å²) in [5.41, 5.74) is 9.21. The predicted octanol–water partition coefficient (Wildman–Crippen LogP) is 0.431. The molecule has 0 unspecified atom stereocenters. The van der Waals surface area contributed by atoms with Crippen molar-refractivity contribution in [2.45, 2.75) is 24.8 Å². The van der Waals surface area contributed by atoms with Gasteiger partial charge in [-0.2, -0.15) is 4.31 Å². The van der Waals surface area contributed by atoms with Gasteiger partial charge in [0.25, 0.3) is 0 Å². The Morgan fingerprint density at radius 1 is 1.35 bits per heavy atom. The molecular weight excluding hydrogens is 292 g/mol. The Morgan fingerprint density at radius 2 is 1.90 bits per heavy atom. The van der Waals surface area contributed by atoms with Gasteiger partial charge in [0.15, 0.2) is 5.82 Å². The van der Waals surface area contributed by atoms with E-state index in [0.717, 1.165) is 12.1 Å². The first kappa shape index (κ1) is 16.3. The van der Waals surface area contributed by atoms with Gasteiger partial charge in [-0.1, -0.05) is 0 Å². The lowest BCUT2D eigenvalue weighted by molar-refractivity contribution is -0.118. The molecule has 0 aliphatic heterocycles. The highest BCUT2D eigenvalue weighted by Gasteiger charge is 2.32. The van der Waals surface area contributed by atoms with Gasteiger partial charge in [0.05, 0.1) is 6.54 Å². The molecule has 0 spiro atoms. The molecule has 0 saturated carbocycles. The second-order valence-corrected chi connectivity index (χ2v) is 6.24. The third-order valence-corrected chi connectivity index (χ3v) is 4.60. The first-order valence-electron chi connectivity index (χ1n) is 5.62. The summed E-state index contributed by atoms with van der Waals surface area (Å²) in [6, 6.07) is 0.860. The van der Waals surface area contributed by atoms with Crippen LogP contribution in [-0.4, -0.2) is 31.2 Å². The third-order valence-electron chi connectivity index (χ3n) is 2.57. The number of carbonyl (C=O) groups is 1. The van der Waals surface area contributed by atoms with Crippen LogP contribution < -0.4 is 11.5 Å². The number of primary amides is 1. The van der Waals surface area contributed by atoms with Gasteiger partial charge in [0, 0.05) is 6.04 Å². The fourth-order valence-electron chi connectivity index (χ4n) is 1.57. The van der Waals surface area contributed by atoms with Crippen molar-refractivity contribution in [3.8, 4) is 0 Å². The fourth-order valence-corrected chi connectivity index (χ4v) is 3.25. The van der Waals surface area contributed by atoms with Crippen molar-refractivity contribution >= 4 is 21.6 Å². The van der Waals surface area contributed by atoms with Crippen molar-refractivity contribution < 1.29 is 22.0 Å². The van der Waals surface area contributed by atoms with Gasteiger partial charge in [0.2, 0.25) is 15.9 Å². The van der Waals surface area contributed by atoms with E-state index >= 15 is 0 Å². The molecule has 1 amide bonds. The zero-order chi connectivity index (χ0) is 15.7. The number of nitrogens with zero attached hydrogens (tertiary/aromatic N) is 1. The van der Waals surface area contributed by atoms with Crippen LogP contribution in [0.4, 0.5) is 14.5 Å². The second kappa shape index (κ2) is 5.71. The number of anilines is 1. The van der Waals surface area contributed by atoms with Crippen LogP contribution in [0.1, 0.15) is 13.8 Å². The molecule has 0 aliphatic rings. The number of rotatable bonds is 5. The van der Waals surface area contributed by atoms with Gasteiger partial charge in [-0.25, -0.2) is 17.2 Å². The lowest BCUT2D eigenvalue weighted by Gasteiger charge is -2.24. The number of hydrogen-bond donors (Lipinski definition) is 2. The fraction of sp³-hybridized carbons (Fsp3) is 0.364. The zero-order valence-electron chi connectivity index (χ0n) is 10.9. The summed E-state index contributed by atoms with van der Waals surface area (Å²) in [4.78, 5) is 10.1. The second-order valence-electron chi connectivity index (χ2n) is 4.38. The van der Waals surface area contributed by atoms with Crippen LogP contribution in [0.25, 0.3) is 0 Å². The maximum atomic E-state index is 13.8. The molecule has 1 aromatic rings. The van der Waals surface area contributed by atoms with Crippen LogP contribution in [0.2, 0.25) is 0 Å². The number of halogens is 2. The minimum Gasteiger partial charge on any atom is -0.394 e. The highest BCUT2D eigenvalue weighted by Crippen LogP contribution is 2.26. The molecule has 6 nitrogen and oxygen atoms in total. The topological polar surface area (TPSA) is 106 Å². The minimum atomic E-state index is -4.35. The van der Waals surface area contributed by atoms with Crippen LogP contribution in [0.3, 0.4) is 0 Å². The van der Waals surface area contributed by atoms with Gasteiger partial charge >= 0.3 is 0 Å². The molecule has 0 atom stereocenters. The highest BCUT2D eigenvalue weighted by atomic mass is 32.2. The minimum absolute atomic E-state index is 0.614. The summed E-state index contributed by atoms with van der Waals surface area (Å²) in [7, 11) is -4.35. The van der Waals surface area contributed by atoms with E-state index in [9.17, 15) is 22.0 Å². The van der Waals surface area contributed by atoms with E-state index in [1.54, 1.807) is 0 Å². The summed E-state index contributed by atoms with van der Waals surface area (Å²) in [5, 5.41) is 0. The Balaban J connectivity index is 3.41. The van der Waals surface area contributed by atoms with Gasteiger partial charge in [0.1, 0.15) is 16.4 Å². The Bertz CT molecular complexity index is 632. The molecule has 0 bridgehead atoms. The Kier molecular flexibility index (Phi) is 4.66. The highest BCUT2D eigenvalue weighted by molar-refractivity contribution is 7.89. The Labute approximate surface area is 115 Å². The average Bonchev–Trinajstić information content (AvgIpc) is 2.32. The summed E-state index contributed by atoms with van der Waals surface area (Å²) in [6.07, 6.45) is 0.